The number of rotatable bonds is 6. The fourth-order valence-electron chi connectivity index (χ4n) is 3.76. The van der Waals surface area contributed by atoms with Crippen molar-refractivity contribution in [2.75, 3.05) is 27.2 Å². The highest BCUT2D eigenvalue weighted by Gasteiger charge is 2.19. The summed E-state index contributed by atoms with van der Waals surface area (Å²) in [6, 6.07) is 11.4. The lowest BCUT2D eigenvalue weighted by atomic mass is 10.1. The summed E-state index contributed by atoms with van der Waals surface area (Å²) in [4.78, 5) is 21.3. The van der Waals surface area contributed by atoms with Crippen LogP contribution in [0, 0.1) is 0 Å². The van der Waals surface area contributed by atoms with E-state index in [2.05, 4.69) is 9.88 Å². The first-order chi connectivity index (χ1) is 13.7. The van der Waals surface area contributed by atoms with Crippen molar-refractivity contribution in [3.63, 3.8) is 0 Å². The van der Waals surface area contributed by atoms with E-state index in [1.807, 2.05) is 30.3 Å². The minimum Gasteiger partial charge on any atom is -0.494 e. The maximum Gasteiger partial charge on any atom is 0.289 e. The highest BCUT2D eigenvalue weighted by molar-refractivity contribution is 5.92. The van der Waals surface area contributed by atoms with Gasteiger partial charge >= 0.3 is 0 Å². The third kappa shape index (κ3) is 3.73. The summed E-state index contributed by atoms with van der Waals surface area (Å²) >= 11 is 0. The van der Waals surface area contributed by atoms with Crippen molar-refractivity contribution in [3.05, 3.63) is 59.7 Å². The van der Waals surface area contributed by atoms with Crippen LogP contribution >= 0.6 is 0 Å². The monoisotopic (exact) mass is 379 g/mol. The first-order valence-corrected chi connectivity index (χ1v) is 9.63. The molecular weight excluding hydrogens is 354 g/mol. The number of amides is 1. The molecule has 0 radical (unpaired) electrons. The van der Waals surface area contributed by atoms with Gasteiger partial charge in [-0.25, -0.2) is 0 Å². The second-order valence-electron chi connectivity index (χ2n) is 7.24. The van der Waals surface area contributed by atoms with Gasteiger partial charge in [-0.3, -0.25) is 14.7 Å². The molecule has 1 saturated heterocycles. The second-order valence-corrected chi connectivity index (χ2v) is 7.24. The SMILES string of the molecule is COc1ccc(CN(C)C(=O)c2ccc(CN3CCCC3)o2)c2cccnc12. The zero-order valence-electron chi connectivity index (χ0n) is 16.4. The number of pyridine rings is 1. The normalized spacial score (nSPS) is 14.5. The molecule has 1 fully saturated rings. The van der Waals surface area contributed by atoms with Crippen LogP contribution in [0.3, 0.4) is 0 Å². The largest absolute Gasteiger partial charge is 0.494 e. The van der Waals surface area contributed by atoms with Crippen molar-refractivity contribution in [1.82, 2.24) is 14.8 Å². The molecule has 0 bridgehead atoms. The predicted molar refractivity (Wildman–Crippen MR) is 107 cm³/mol. The highest BCUT2D eigenvalue weighted by atomic mass is 16.5. The molecule has 6 nitrogen and oxygen atoms in total. The van der Waals surface area contributed by atoms with Crippen molar-refractivity contribution in [3.8, 4) is 5.75 Å². The average molecular weight is 379 g/mol. The van der Waals surface area contributed by atoms with E-state index in [1.165, 1.54) is 12.8 Å². The molecule has 0 spiro atoms. The van der Waals surface area contributed by atoms with Crippen molar-refractivity contribution in [1.29, 1.82) is 0 Å². The summed E-state index contributed by atoms with van der Waals surface area (Å²) in [5, 5.41) is 0.982. The van der Waals surface area contributed by atoms with Crippen molar-refractivity contribution >= 4 is 16.8 Å². The molecule has 6 heteroatoms. The lowest BCUT2D eigenvalue weighted by molar-refractivity contribution is 0.0750. The van der Waals surface area contributed by atoms with Gasteiger partial charge in [0.05, 0.1) is 13.7 Å². The van der Waals surface area contributed by atoms with Gasteiger partial charge < -0.3 is 14.1 Å². The van der Waals surface area contributed by atoms with Gasteiger partial charge in [0.2, 0.25) is 0 Å². The molecule has 3 aromatic rings. The molecule has 0 aliphatic carbocycles. The Hall–Kier alpha value is -2.86. The fraction of sp³-hybridized carbons (Fsp3) is 0.364. The summed E-state index contributed by atoms with van der Waals surface area (Å²) < 4.78 is 11.2. The summed E-state index contributed by atoms with van der Waals surface area (Å²) in [6.45, 7) is 3.43. The molecule has 0 atom stereocenters. The number of aromatic nitrogens is 1. The Morgan fingerprint density at radius 2 is 2.04 bits per heavy atom. The summed E-state index contributed by atoms with van der Waals surface area (Å²) in [6.07, 6.45) is 4.22. The van der Waals surface area contributed by atoms with Gasteiger partial charge in [-0.15, -0.1) is 0 Å². The molecular formula is C22H25N3O3. The quantitative estimate of drug-likeness (QED) is 0.654. The van der Waals surface area contributed by atoms with Crippen LogP contribution in [-0.2, 0) is 13.1 Å². The summed E-state index contributed by atoms with van der Waals surface area (Å²) in [5.74, 6) is 1.83. The maximum absolute atomic E-state index is 12.8. The van der Waals surface area contributed by atoms with Crippen LogP contribution in [0.1, 0.15) is 34.7 Å². The number of fused-ring (bicyclic) bond motifs is 1. The van der Waals surface area contributed by atoms with E-state index in [4.69, 9.17) is 9.15 Å². The van der Waals surface area contributed by atoms with Gasteiger partial charge in [0.25, 0.3) is 5.91 Å². The third-order valence-electron chi connectivity index (χ3n) is 5.25. The highest BCUT2D eigenvalue weighted by Crippen LogP contribution is 2.27. The molecule has 3 heterocycles. The Bertz CT molecular complexity index is 976. The molecule has 28 heavy (non-hydrogen) atoms. The molecule has 1 aliphatic rings. The number of hydrogen-bond acceptors (Lipinski definition) is 5. The number of likely N-dealkylation sites (tertiary alicyclic amines) is 1. The maximum atomic E-state index is 12.8. The van der Waals surface area contributed by atoms with Crippen LogP contribution in [0.25, 0.3) is 10.9 Å². The van der Waals surface area contributed by atoms with Gasteiger partial charge in [-0.2, -0.15) is 0 Å². The minimum atomic E-state index is -0.125. The van der Waals surface area contributed by atoms with Crippen molar-refractivity contribution in [2.24, 2.45) is 0 Å². The van der Waals surface area contributed by atoms with E-state index in [0.717, 1.165) is 47.6 Å². The number of furan rings is 1. The Morgan fingerprint density at radius 3 is 2.82 bits per heavy atom. The van der Waals surface area contributed by atoms with Gasteiger partial charge in [-0.05, 0) is 55.8 Å². The van der Waals surface area contributed by atoms with Crippen molar-refractivity contribution < 1.29 is 13.9 Å². The lowest BCUT2D eigenvalue weighted by Gasteiger charge is -2.18. The van der Waals surface area contributed by atoms with E-state index in [9.17, 15) is 4.79 Å². The Kier molecular flexibility index (Phi) is 5.30. The fourth-order valence-corrected chi connectivity index (χ4v) is 3.76. The smallest absolute Gasteiger partial charge is 0.289 e. The van der Waals surface area contributed by atoms with Gasteiger partial charge in [0.1, 0.15) is 17.0 Å². The first-order valence-electron chi connectivity index (χ1n) is 9.63. The van der Waals surface area contributed by atoms with Crippen LogP contribution < -0.4 is 4.74 Å². The third-order valence-corrected chi connectivity index (χ3v) is 5.25. The Labute approximate surface area is 164 Å². The molecule has 1 aromatic carbocycles. The lowest BCUT2D eigenvalue weighted by Crippen LogP contribution is -2.26. The average Bonchev–Trinajstić information content (AvgIpc) is 3.40. The molecule has 0 N–H and O–H groups in total. The van der Waals surface area contributed by atoms with E-state index in [0.29, 0.717) is 12.3 Å². The standard InChI is InChI=1S/C22H25N3O3/c1-24(14-16-7-9-19(27-2)21-18(16)6-5-11-23-21)22(26)20-10-8-17(28-20)15-25-12-3-4-13-25/h5-11H,3-4,12-15H2,1-2H3. The zero-order valence-corrected chi connectivity index (χ0v) is 16.4. The number of ether oxygens (including phenoxy) is 1. The molecule has 1 amide bonds. The van der Waals surface area contributed by atoms with Gasteiger partial charge in [0, 0.05) is 25.2 Å². The van der Waals surface area contributed by atoms with Crippen molar-refractivity contribution in [2.45, 2.75) is 25.9 Å². The number of carbonyl (C=O) groups excluding carboxylic acids is 1. The summed E-state index contributed by atoms with van der Waals surface area (Å²) in [5.41, 5.74) is 1.82. The van der Waals surface area contributed by atoms with Crippen LogP contribution in [0.15, 0.2) is 47.0 Å². The van der Waals surface area contributed by atoms with Crippen LogP contribution in [0.5, 0.6) is 5.75 Å². The van der Waals surface area contributed by atoms with Crippen LogP contribution in [0.2, 0.25) is 0 Å². The van der Waals surface area contributed by atoms with E-state index >= 15 is 0 Å². The number of nitrogens with zero attached hydrogens (tertiary/aromatic N) is 3. The zero-order chi connectivity index (χ0) is 19.5. The predicted octanol–water partition coefficient (Wildman–Crippen LogP) is 3.70. The van der Waals surface area contributed by atoms with E-state index in [1.54, 1.807) is 31.3 Å². The number of carbonyl (C=O) groups is 1. The summed E-state index contributed by atoms with van der Waals surface area (Å²) in [7, 11) is 3.42. The first kappa shape index (κ1) is 18.5. The number of methoxy groups -OCH3 is 1. The van der Waals surface area contributed by atoms with E-state index < -0.39 is 0 Å². The van der Waals surface area contributed by atoms with Crippen LogP contribution in [0.4, 0.5) is 0 Å². The van der Waals surface area contributed by atoms with Gasteiger partial charge in [0.15, 0.2) is 5.76 Å². The molecule has 4 rings (SSSR count). The molecule has 1 aliphatic heterocycles. The number of hydrogen-bond donors (Lipinski definition) is 0. The molecule has 146 valence electrons. The second kappa shape index (κ2) is 8.02. The molecule has 0 saturated carbocycles. The van der Waals surface area contributed by atoms with Gasteiger partial charge in [-0.1, -0.05) is 12.1 Å². The van der Waals surface area contributed by atoms with E-state index in [-0.39, 0.29) is 5.91 Å². The Morgan fingerprint density at radius 1 is 1.21 bits per heavy atom. The minimum absolute atomic E-state index is 0.125. The molecule has 0 unspecified atom stereocenters. The molecule has 2 aromatic heterocycles. The Balaban J connectivity index is 1.49. The van der Waals surface area contributed by atoms with Crippen LogP contribution in [-0.4, -0.2) is 47.9 Å². The topological polar surface area (TPSA) is 58.8 Å². The number of benzene rings is 1.